The highest BCUT2D eigenvalue weighted by molar-refractivity contribution is 5.77. The molecule has 3 aromatic rings. The lowest BCUT2D eigenvalue weighted by molar-refractivity contribution is 0.411. The molecule has 7 nitrogen and oxygen atoms in total. The van der Waals surface area contributed by atoms with Crippen molar-refractivity contribution >= 4 is 16.9 Å². The van der Waals surface area contributed by atoms with E-state index in [0.29, 0.717) is 34.1 Å². The molecule has 0 saturated heterocycles. The van der Waals surface area contributed by atoms with Gasteiger partial charge < -0.3 is 20.2 Å². The zero-order valence-corrected chi connectivity index (χ0v) is 11.2. The second-order valence-electron chi connectivity index (χ2n) is 4.26. The van der Waals surface area contributed by atoms with E-state index in [-0.39, 0.29) is 5.56 Å². The van der Waals surface area contributed by atoms with Gasteiger partial charge in [0.2, 0.25) is 0 Å². The topological polar surface area (TPSA) is 103 Å². The highest BCUT2D eigenvalue weighted by Gasteiger charge is 2.08. The van der Waals surface area contributed by atoms with Gasteiger partial charge in [-0.25, -0.2) is 9.97 Å². The van der Waals surface area contributed by atoms with Gasteiger partial charge in [-0.05, 0) is 12.1 Å². The molecular weight excluding hydrogens is 272 g/mol. The molecule has 7 heteroatoms. The first-order chi connectivity index (χ1) is 10.2. The summed E-state index contributed by atoms with van der Waals surface area (Å²) in [4.78, 5) is 21.9. The van der Waals surface area contributed by atoms with Crippen molar-refractivity contribution in [3.05, 3.63) is 47.0 Å². The summed E-state index contributed by atoms with van der Waals surface area (Å²) >= 11 is 0. The number of nitrogens with zero attached hydrogens (tertiary/aromatic N) is 2. The van der Waals surface area contributed by atoms with Crippen molar-refractivity contribution in [3.63, 3.8) is 0 Å². The fourth-order valence-electron chi connectivity index (χ4n) is 1.89. The van der Waals surface area contributed by atoms with Crippen molar-refractivity contribution in [3.8, 4) is 17.2 Å². The molecule has 1 aromatic carbocycles. The summed E-state index contributed by atoms with van der Waals surface area (Å²) in [5.74, 6) is 1.54. The van der Waals surface area contributed by atoms with Crippen LogP contribution >= 0.6 is 0 Å². The Bertz CT molecular complexity index is 860. The summed E-state index contributed by atoms with van der Waals surface area (Å²) in [6, 6.07) is 6.74. The predicted molar refractivity (Wildman–Crippen MR) is 77.6 cm³/mol. The van der Waals surface area contributed by atoms with E-state index < -0.39 is 0 Å². The number of methoxy groups -OCH3 is 1. The Morgan fingerprint density at radius 1 is 1.19 bits per heavy atom. The average molecular weight is 284 g/mol. The molecule has 0 unspecified atom stereocenters. The third kappa shape index (κ3) is 2.48. The summed E-state index contributed by atoms with van der Waals surface area (Å²) < 4.78 is 10.9. The lowest BCUT2D eigenvalue weighted by atomic mass is 10.3. The quantitative estimate of drug-likeness (QED) is 0.709. The maximum Gasteiger partial charge on any atom is 0.268 e. The van der Waals surface area contributed by atoms with Gasteiger partial charge in [-0.15, -0.1) is 0 Å². The van der Waals surface area contributed by atoms with E-state index in [9.17, 15) is 4.79 Å². The molecule has 21 heavy (non-hydrogen) atoms. The standard InChI is InChI=1S/C14H12N4O3/c1-20-11-6-8(2-3-9(11)15)21-10-4-5-16-14-13(10)17-7-12(19)18-14/h2-7H,15H2,1H3,(H,16,18,19). The third-order valence-corrected chi connectivity index (χ3v) is 2.87. The largest absolute Gasteiger partial charge is 0.494 e. The number of nitrogens with two attached hydrogens (primary N) is 1. The second kappa shape index (κ2) is 5.12. The van der Waals surface area contributed by atoms with Crippen LogP contribution in [0.4, 0.5) is 5.69 Å². The van der Waals surface area contributed by atoms with E-state index in [1.54, 1.807) is 24.3 Å². The van der Waals surface area contributed by atoms with Gasteiger partial charge in [-0.2, -0.15) is 0 Å². The van der Waals surface area contributed by atoms with E-state index in [1.165, 1.54) is 19.5 Å². The molecule has 0 aliphatic heterocycles. The maximum absolute atomic E-state index is 11.2. The number of hydrogen-bond acceptors (Lipinski definition) is 6. The molecule has 0 fully saturated rings. The third-order valence-electron chi connectivity index (χ3n) is 2.87. The molecule has 0 aliphatic carbocycles. The molecule has 0 aliphatic rings. The van der Waals surface area contributed by atoms with Crippen LogP contribution in [0.1, 0.15) is 0 Å². The van der Waals surface area contributed by atoms with Crippen LogP contribution in [-0.4, -0.2) is 22.1 Å². The monoisotopic (exact) mass is 284 g/mol. The molecule has 0 atom stereocenters. The van der Waals surface area contributed by atoms with E-state index in [1.807, 2.05) is 0 Å². The van der Waals surface area contributed by atoms with Crippen molar-refractivity contribution in [2.45, 2.75) is 0 Å². The van der Waals surface area contributed by atoms with Crippen molar-refractivity contribution in [2.24, 2.45) is 0 Å². The summed E-state index contributed by atoms with van der Waals surface area (Å²) in [5, 5.41) is 0. The number of rotatable bonds is 3. The molecule has 2 heterocycles. The summed E-state index contributed by atoms with van der Waals surface area (Å²) in [6.45, 7) is 0. The number of fused-ring (bicyclic) bond motifs is 1. The van der Waals surface area contributed by atoms with Crippen molar-refractivity contribution in [1.29, 1.82) is 0 Å². The molecule has 0 spiro atoms. The van der Waals surface area contributed by atoms with E-state index >= 15 is 0 Å². The van der Waals surface area contributed by atoms with Crippen molar-refractivity contribution in [2.75, 3.05) is 12.8 Å². The number of nitrogens with one attached hydrogen (secondary N) is 1. The Morgan fingerprint density at radius 2 is 2.05 bits per heavy atom. The van der Waals surface area contributed by atoms with Crippen molar-refractivity contribution in [1.82, 2.24) is 15.0 Å². The minimum atomic E-state index is -0.318. The van der Waals surface area contributed by atoms with Gasteiger partial charge in [0.1, 0.15) is 17.0 Å². The SMILES string of the molecule is COc1cc(Oc2ccnc3[nH]c(=O)cnc23)ccc1N. The maximum atomic E-state index is 11.2. The molecular formula is C14H12N4O3. The number of ether oxygens (including phenoxy) is 2. The number of aromatic amines is 1. The number of aromatic nitrogens is 3. The summed E-state index contributed by atoms with van der Waals surface area (Å²) in [7, 11) is 1.53. The van der Waals surface area contributed by atoms with E-state index in [0.717, 1.165) is 0 Å². The summed E-state index contributed by atoms with van der Waals surface area (Å²) in [5.41, 5.74) is 6.79. The Kier molecular flexibility index (Phi) is 3.15. The smallest absolute Gasteiger partial charge is 0.268 e. The van der Waals surface area contributed by atoms with Gasteiger partial charge >= 0.3 is 0 Å². The van der Waals surface area contributed by atoms with Gasteiger partial charge in [0, 0.05) is 18.3 Å². The van der Waals surface area contributed by atoms with Gasteiger partial charge in [0.15, 0.2) is 11.4 Å². The Hall–Kier alpha value is -3.09. The molecule has 3 rings (SSSR count). The minimum absolute atomic E-state index is 0.318. The number of nitrogen functional groups attached to an aromatic ring is 1. The van der Waals surface area contributed by atoms with Crippen LogP contribution in [0.2, 0.25) is 0 Å². The first-order valence-corrected chi connectivity index (χ1v) is 6.13. The fourth-order valence-corrected chi connectivity index (χ4v) is 1.89. The van der Waals surface area contributed by atoms with Crippen LogP contribution in [0.25, 0.3) is 11.2 Å². The van der Waals surface area contributed by atoms with Crippen LogP contribution < -0.4 is 20.8 Å². The number of H-pyrrole nitrogens is 1. The van der Waals surface area contributed by atoms with E-state index in [4.69, 9.17) is 15.2 Å². The van der Waals surface area contributed by atoms with Gasteiger partial charge in [0.05, 0.1) is 19.0 Å². The van der Waals surface area contributed by atoms with Gasteiger partial charge in [-0.1, -0.05) is 0 Å². The zero-order valence-electron chi connectivity index (χ0n) is 11.2. The van der Waals surface area contributed by atoms with Gasteiger partial charge in [0.25, 0.3) is 5.56 Å². The normalized spacial score (nSPS) is 10.5. The first-order valence-electron chi connectivity index (χ1n) is 6.13. The Morgan fingerprint density at radius 3 is 2.86 bits per heavy atom. The lowest BCUT2D eigenvalue weighted by Gasteiger charge is -2.10. The predicted octanol–water partition coefficient (Wildman–Crippen LogP) is 1.70. The second-order valence-corrected chi connectivity index (χ2v) is 4.26. The van der Waals surface area contributed by atoms with Crippen LogP contribution in [-0.2, 0) is 0 Å². The Balaban J connectivity index is 2.04. The molecule has 0 radical (unpaired) electrons. The first kappa shape index (κ1) is 12.9. The van der Waals surface area contributed by atoms with Crippen LogP contribution in [0.5, 0.6) is 17.2 Å². The number of pyridine rings is 1. The van der Waals surface area contributed by atoms with Gasteiger partial charge in [-0.3, -0.25) is 4.79 Å². The number of benzene rings is 1. The minimum Gasteiger partial charge on any atom is -0.494 e. The molecule has 0 bridgehead atoms. The van der Waals surface area contributed by atoms with E-state index in [2.05, 4.69) is 15.0 Å². The fraction of sp³-hybridized carbons (Fsp3) is 0.0714. The highest BCUT2D eigenvalue weighted by atomic mass is 16.5. The zero-order chi connectivity index (χ0) is 14.8. The molecule has 0 saturated carbocycles. The number of hydrogen-bond donors (Lipinski definition) is 2. The Labute approximate surface area is 119 Å². The highest BCUT2D eigenvalue weighted by Crippen LogP contribution is 2.31. The van der Waals surface area contributed by atoms with Crippen LogP contribution in [0.15, 0.2) is 41.5 Å². The molecule has 3 N–H and O–H groups in total. The summed E-state index contributed by atoms with van der Waals surface area (Å²) in [6.07, 6.45) is 2.71. The van der Waals surface area contributed by atoms with Crippen LogP contribution in [0, 0.1) is 0 Å². The molecule has 0 amide bonds. The lowest BCUT2D eigenvalue weighted by Crippen LogP contribution is -2.06. The average Bonchev–Trinajstić information content (AvgIpc) is 2.49. The number of anilines is 1. The molecule has 106 valence electrons. The molecule has 2 aromatic heterocycles. The van der Waals surface area contributed by atoms with Crippen LogP contribution in [0.3, 0.4) is 0 Å². The van der Waals surface area contributed by atoms with Crippen molar-refractivity contribution < 1.29 is 9.47 Å².